The van der Waals surface area contributed by atoms with Crippen molar-refractivity contribution in [1.29, 1.82) is 0 Å². The van der Waals surface area contributed by atoms with Crippen molar-refractivity contribution in [2.45, 2.75) is 27.3 Å². The maximum Gasteiger partial charge on any atom is 0.276 e. The molecule has 2 aromatic carbocycles. The maximum absolute atomic E-state index is 13.2. The van der Waals surface area contributed by atoms with Gasteiger partial charge in [-0.1, -0.05) is 35.0 Å². The zero-order chi connectivity index (χ0) is 20.4. The van der Waals surface area contributed by atoms with Crippen LogP contribution in [0.2, 0.25) is 0 Å². The number of nitrogens with zero attached hydrogens (tertiary/aromatic N) is 4. The number of aromatic nitrogens is 3. The quantitative estimate of drug-likeness (QED) is 0.666. The van der Waals surface area contributed by atoms with Crippen molar-refractivity contribution in [3.63, 3.8) is 0 Å². The molecule has 7 nitrogen and oxygen atoms in total. The van der Waals surface area contributed by atoms with Gasteiger partial charge in [0.25, 0.3) is 5.91 Å². The summed E-state index contributed by atoms with van der Waals surface area (Å²) in [6, 6.07) is 13.7. The lowest BCUT2D eigenvalue weighted by molar-refractivity contribution is 0.0742. The predicted octanol–water partition coefficient (Wildman–Crippen LogP) is 3.32. The summed E-state index contributed by atoms with van der Waals surface area (Å²) in [5.41, 5.74) is 4.03. The van der Waals surface area contributed by atoms with Crippen molar-refractivity contribution < 1.29 is 14.3 Å². The van der Waals surface area contributed by atoms with E-state index in [0.717, 1.165) is 22.6 Å². The fourth-order valence-corrected chi connectivity index (χ4v) is 3.40. The van der Waals surface area contributed by atoms with E-state index in [1.54, 1.807) is 9.58 Å². The first-order valence-corrected chi connectivity index (χ1v) is 9.74. The molecule has 0 N–H and O–H groups in total. The zero-order valence-corrected chi connectivity index (χ0v) is 16.9. The standard InChI is InChI=1S/C22H24N4O3/c1-4-25(14-17-6-5-7-19-21(17)29-13-12-28-19)22(27)20-16(3)26(24-23-20)18-10-8-15(2)9-11-18/h5-11H,4,12-14H2,1-3H3. The minimum absolute atomic E-state index is 0.155. The molecule has 0 atom stereocenters. The fourth-order valence-electron chi connectivity index (χ4n) is 3.40. The molecule has 29 heavy (non-hydrogen) atoms. The van der Waals surface area contributed by atoms with Crippen molar-refractivity contribution in [2.24, 2.45) is 0 Å². The molecule has 0 unspecified atom stereocenters. The molecule has 3 aromatic rings. The Kier molecular flexibility index (Phi) is 5.20. The third-order valence-corrected chi connectivity index (χ3v) is 5.05. The molecule has 0 bridgehead atoms. The second-order valence-corrected chi connectivity index (χ2v) is 7.03. The SMILES string of the molecule is CCN(Cc1cccc2c1OCCO2)C(=O)c1nnn(-c2ccc(C)cc2)c1C. The van der Waals surface area contributed by atoms with Crippen LogP contribution in [-0.2, 0) is 6.54 Å². The van der Waals surface area contributed by atoms with E-state index in [-0.39, 0.29) is 5.91 Å². The molecule has 0 aliphatic carbocycles. The molecule has 0 fully saturated rings. The molecule has 0 radical (unpaired) electrons. The van der Waals surface area contributed by atoms with Gasteiger partial charge in [-0.3, -0.25) is 4.79 Å². The molecule has 150 valence electrons. The van der Waals surface area contributed by atoms with Crippen LogP contribution in [0.5, 0.6) is 11.5 Å². The van der Waals surface area contributed by atoms with Gasteiger partial charge in [0.2, 0.25) is 0 Å². The second-order valence-electron chi connectivity index (χ2n) is 7.03. The molecular formula is C22H24N4O3. The number of amides is 1. The van der Waals surface area contributed by atoms with Crippen LogP contribution >= 0.6 is 0 Å². The normalized spacial score (nSPS) is 12.7. The van der Waals surface area contributed by atoms with Crippen molar-refractivity contribution in [2.75, 3.05) is 19.8 Å². The Hall–Kier alpha value is -3.35. The number of hydrogen-bond acceptors (Lipinski definition) is 5. The number of carbonyl (C=O) groups excluding carboxylic acids is 1. The summed E-state index contributed by atoms with van der Waals surface area (Å²) in [5, 5.41) is 8.38. The van der Waals surface area contributed by atoms with E-state index in [4.69, 9.17) is 9.47 Å². The fraction of sp³-hybridized carbons (Fsp3) is 0.318. The van der Waals surface area contributed by atoms with Crippen LogP contribution in [0.25, 0.3) is 5.69 Å². The molecular weight excluding hydrogens is 368 g/mol. The van der Waals surface area contributed by atoms with Gasteiger partial charge in [-0.2, -0.15) is 0 Å². The number of rotatable bonds is 5. The maximum atomic E-state index is 13.2. The van der Waals surface area contributed by atoms with Gasteiger partial charge in [0.15, 0.2) is 17.2 Å². The lowest BCUT2D eigenvalue weighted by Gasteiger charge is -2.25. The lowest BCUT2D eigenvalue weighted by Crippen LogP contribution is -2.31. The van der Waals surface area contributed by atoms with Gasteiger partial charge in [0.05, 0.1) is 11.4 Å². The second kappa shape index (κ2) is 7.95. The molecule has 0 saturated heterocycles. The average molecular weight is 392 g/mol. The van der Waals surface area contributed by atoms with Crippen molar-refractivity contribution in [1.82, 2.24) is 19.9 Å². The third-order valence-electron chi connectivity index (χ3n) is 5.05. The highest BCUT2D eigenvalue weighted by Gasteiger charge is 2.24. The first-order chi connectivity index (χ1) is 14.1. The molecule has 0 spiro atoms. The predicted molar refractivity (Wildman–Crippen MR) is 109 cm³/mol. The Bertz CT molecular complexity index is 1030. The average Bonchev–Trinajstić information content (AvgIpc) is 3.13. The minimum atomic E-state index is -0.155. The summed E-state index contributed by atoms with van der Waals surface area (Å²) < 4.78 is 13.1. The molecule has 1 amide bonds. The smallest absolute Gasteiger partial charge is 0.276 e. The Morgan fingerprint density at radius 2 is 1.86 bits per heavy atom. The minimum Gasteiger partial charge on any atom is -0.486 e. The molecule has 1 aliphatic rings. The number of aryl methyl sites for hydroxylation is 1. The van der Waals surface area contributed by atoms with E-state index in [9.17, 15) is 4.79 Å². The largest absolute Gasteiger partial charge is 0.486 e. The van der Waals surface area contributed by atoms with Gasteiger partial charge in [-0.05, 0) is 39.0 Å². The number of hydrogen-bond donors (Lipinski definition) is 0. The van der Waals surface area contributed by atoms with Crippen molar-refractivity contribution in [3.05, 3.63) is 65.0 Å². The molecule has 2 heterocycles. The van der Waals surface area contributed by atoms with Crippen molar-refractivity contribution in [3.8, 4) is 17.2 Å². The molecule has 1 aromatic heterocycles. The first kappa shape index (κ1) is 19.0. The highest BCUT2D eigenvalue weighted by atomic mass is 16.6. The monoisotopic (exact) mass is 392 g/mol. The summed E-state index contributed by atoms with van der Waals surface area (Å²) in [6.07, 6.45) is 0. The van der Waals surface area contributed by atoms with Gasteiger partial charge in [0.1, 0.15) is 13.2 Å². The van der Waals surface area contributed by atoms with E-state index in [0.29, 0.717) is 43.4 Å². The highest BCUT2D eigenvalue weighted by molar-refractivity contribution is 5.93. The number of para-hydroxylation sites is 1. The summed E-state index contributed by atoms with van der Waals surface area (Å²) in [7, 11) is 0. The summed E-state index contributed by atoms with van der Waals surface area (Å²) in [4.78, 5) is 14.9. The lowest BCUT2D eigenvalue weighted by atomic mass is 10.1. The van der Waals surface area contributed by atoms with E-state index < -0.39 is 0 Å². The van der Waals surface area contributed by atoms with Crippen LogP contribution in [0.4, 0.5) is 0 Å². The van der Waals surface area contributed by atoms with Crippen molar-refractivity contribution >= 4 is 5.91 Å². The van der Waals surface area contributed by atoms with Crippen LogP contribution in [0.3, 0.4) is 0 Å². The Morgan fingerprint density at radius 3 is 2.62 bits per heavy atom. The molecule has 7 heteroatoms. The molecule has 1 aliphatic heterocycles. The Morgan fingerprint density at radius 1 is 1.10 bits per heavy atom. The van der Waals surface area contributed by atoms with E-state index in [2.05, 4.69) is 10.3 Å². The topological polar surface area (TPSA) is 69.5 Å². The van der Waals surface area contributed by atoms with Crippen LogP contribution in [0.1, 0.15) is 34.2 Å². The van der Waals surface area contributed by atoms with Crippen LogP contribution in [-0.4, -0.2) is 45.6 Å². The highest BCUT2D eigenvalue weighted by Crippen LogP contribution is 2.34. The van der Waals surface area contributed by atoms with E-state index >= 15 is 0 Å². The summed E-state index contributed by atoms with van der Waals surface area (Å²) in [6.45, 7) is 7.84. The summed E-state index contributed by atoms with van der Waals surface area (Å²) >= 11 is 0. The number of benzene rings is 2. The van der Waals surface area contributed by atoms with Gasteiger partial charge < -0.3 is 14.4 Å². The number of ether oxygens (including phenoxy) is 2. The molecule has 4 rings (SSSR count). The molecule has 0 saturated carbocycles. The van der Waals surface area contributed by atoms with Crippen LogP contribution in [0.15, 0.2) is 42.5 Å². The van der Waals surface area contributed by atoms with Crippen LogP contribution < -0.4 is 9.47 Å². The Balaban J connectivity index is 1.59. The van der Waals surface area contributed by atoms with Gasteiger partial charge in [-0.25, -0.2) is 4.68 Å². The number of fused-ring (bicyclic) bond motifs is 1. The van der Waals surface area contributed by atoms with Gasteiger partial charge in [-0.15, -0.1) is 5.10 Å². The van der Waals surface area contributed by atoms with Gasteiger partial charge in [0, 0.05) is 18.7 Å². The first-order valence-electron chi connectivity index (χ1n) is 9.74. The van der Waals surface area contributed by atoms with E-state index in [1.807, 2.05) is 63.2 Å². The summed E-state index contributed by atoms with van der Waals surface area (Å²) in [5.74, 6) is 1.28. The van der Waals surface area contributed by atoms with E-state index in [1.165, 1.54) is 0 Å². The van der Waals surface area contributed by atoms with Gasteiger partial charge >= 0.3 is 0 Å². The number of carbonyl (C=O) groups is 1. The van der Waals surface area contributed by atoms with Crippen LogP contribution in [0, 0.1) is 13.8 Å². The third kappa shape index (κ3) is 3.68. The zero-order valence-electron chi connectivity index (χ0n) is 16.9. The Labute approximate surface area is 169 Å².